The summed E-state index contributed by atoms with van der Waals surface area (Å²) in [4.78, 5) is 4.61. The largest absolute Gasteiger partial charge is 0.506 e. The molecule has 0 unspecified atom stereocenters. The fourth-order valence-corrected chi connectivity index (χ4v) is 2.42. The topological polar surface area (TPSA) is 33.1 Å². The van der Waals surface area contributed by atoms with Crippen LogP contribution in [-0.2, 0) is 0 Å². The lowest BCUT2D eigenvalue weighted by atomic mass is 10.1. The van der Waals surface area contributed by atoms with Crippen LogP contribution in [0.15, 0.2) is 65.1 Å². The summed E-state index contributed by atoms with van der Waals surface area (Å²) >= 11 is 3.41. The van der Waals surface area contributed by atoms with Crippen LogP contribution in [0.2, 0.25) is 0 Å². The number of pyridine rings is 1. The van der Waals surface area contributed by atoms with Crippen LogP contribution in [0.1, 0.15) is 5.56 Å². The Labute approximate surface area is 132 Å². The molecule has 2 nitrogen and oxygen atoms in total. The molecule has 0 amide bonds. The third-order valence-corrected chi connectivity index (χ3v) is 3.87. The molecule has 3 heteroatoms. The zero-order chi connectivity index (χ0) is 14.8. The quantitative estimate of drug-likeness (QED) is 0.696. The molecule has 2 aromatic carbocycles. The number of hydrogen-bond donors (Lipinski definition) is 1. The van der Waals surface area contributed by atoms with Gasteiger partial charge in [-0.05, 0) is 31.2 Å². The molecule has 0 aliphatic heterocycles. The first-order valence-corrected chi connectivity index (χ1v) is 7.46. The Bertz CT molecular complexity index is 764. The van der Waals surface area contributed by atoms with Crippen molar-refractivity contribution in [2.75, 3.05) is 0 Å². The second-order valence-electron chi connectivity index (χ2n) is 4.94. The third-order valence-electron chi connectivity index (χ3n) is 3.34. The predicted octanol–water partition coefficient (Wildman–Crippen LogP) is 5.19. The Hall–Kier alpha value is -2.13. The molecule has 21 heavy (non-hydrogen) atoms. The van der Waals surface area contributed by atoms with Crippen molar-refractivity contribution in [3.8, 4) is 28.3 Å². The first kappa shape index (κ1) is 13.8. The maximum Gasteiger partial charge on any atom is 0.141 e. The molecule has 3 rings (SSSR count). The monoisotopic (exact) mass is 339 g/mol. The Balaban J connectivity index is 2.07. The fourth-order valence-electron chi connectivity index (χ4n) is 2.16. The molecule has 0 atom stereocenters. The van der Waals surface area contributed by atoms with Gasteiger partial charge in [0.05, 0.1) is 5.69 Å². The summed E-state index contributed by atoms with van der Waals surface area (Å²) in [7, 11) is 0. The maximum absolute atomic E-state index is 10.1. The molecule has 0 aliphatic carbocycles. The van der Waals surface area contributed by atoms with Crippen molar-refractivity contribution < 1.29 is 5.11 Å². The molecular formula is C18H14BrNO. The molecule has 0 aliphatic rings. The zero-order valence-electron chi connectivity index (χ0n) is 11.5. The number of aromatic hydroxyl groups is 1. The average Bonchev–Trinajstić information content (AvgIpc) is 2.50. The van der Waals surface area contributed by atoms with E-state index in [0.29, 0.717) is 5.69 Å². The van der Waals surface area contributed by atoms with Crippen molar-refractivity contribution >= 4 is 15.9 Å². The molecule has 0 fully saturated rings. The Morgan fingerprint density at radius 2 is 1.43 bits per heavy atom. The molecule has 0 radical (unpaired) electrons. The van der Waals surface area contributed by atoms with E-state index in [9.17, 15) is 5.11 Å². The lowest BCUT2D eigenvalue weighted by Crippen LogP contribution is -1.89. The molecule has 0 saturated carbocycles. The number of hydrogen-bond acceptors (Lipinski definition) is 2. The van der Waals surface area contributed by atoms with Crippen LogP contribution in [0.25, 0.3) is 22.5 Å². The van der Waals surface area contributed by atoms with Gasteiger partial charge in [-0.2, -0.15) is 0 Å². The molecule has 1 heterocycles. The van der Waals surface area contributed by atoms with E-state index in [2.05, 4.69) is 40.0 Å². The minimum Gasteiger partial charge on any atom is -0.506 e. The zero-order valence-corrected chi connectivity index (χ0v) is 13.1. The Morgan fingerprint density at radius 3 is 2.10 bits per heavy atom. The van der Waals surface area contributed by atoms with Crippen LogP contribution in [0, 0.1) is 6.92 Å². The summed E-state index contributed by atoms with van der Waals surface area (Å²) in [6, 6.07) is 19.5. The number of aryl methyl sites for hydroxylation is 1. The highest BCUT2D eigenvalue weighted by atomic mass is 79.9. The lowest BCUT2D eigenvalue weighted by molar-refractivity contribution is 0.475. The van der Waals surface area contributed by atoms with E-state index >= 15 is 0 Å². The number of rotatable bonds is 2. The molecule has 104 valence electrons. The van der Waals surface area contributed by atoms with E-state index in [4.69, 9.17) is 0 Å². The van der Waals surface area contributed by atoms with Crippen LogP contribution in [-0.4, -0.2) is 10.1 Å². The first-order chi connectivity index (χ1) is 10.1. The molecular weight excluding hydrogens is 326 g/mol. The van der Waals surface area contributed by atoms with E-state index in [1.54, 1.807) is 6.07 Å². The van der Waals surface area contributed by atoms with E-state index in [1.807, 2.05) is 42.5 Å². The molecule has 0 saturated heterocycles. The van der Waals surface area contributed by atoms with Gasteiger partial charge in [-0.3, -0.25) is 0 Å². The van der Waals surface area contributed by atoms with Crippen LogP contribution >= 0.6 is 15.9 Å². The normalized spacial score (nSPS) is 10.6. The standard InChI is InChI=1S/C18H14BrNO/c1-12-2-4-13(5-3-12)16-10-11-17(21)18(20-16)14-6-8-15(19)9-7-14/h2-11,21H,1H3. The van der Waals surface area contributed by atoms with Gasteiger partial charge in [0.15, 0.2) is 0 Å². The van der Waals surface area contributed by atoms with E-state index in [0.717, 1.165) is 21.3 Å². The van der Waals surface area contributed by atoms with E-state index < -0.39 is 0 Å². The van der Waals surface area contributed by atoms with Crippen molar-refractivity contribution in [3.05, 3.63) is 70.7 Å². The van der Waals surface area contributed by atoms with Gasteiger partial charge in [-0.1, -0.05) is 57.9 Å². The van der Waals surface area contributed by atoms with Crippen molar-refractivity contribution in [2.24, 2.45) is 0 Å². The van der Waals surface area contributed by atoms with Crippen LogP contribution in [0.4, 0.5) is 0 Å². The summed E-state index contributed by atoms with van der Waals surface area (Å²) in [5.74, 6) is 0.188. The molecule has 0 bridgehead atoms. The van der Waals surface area contributed by atoms with E-state index in [-0.39, 0.29) is 5.75 Å². The number of aromatic nitrogens is 1. The van der Waals surface area contributed by atoms with Gasteiger partial charge in [0.1, 0.15) is 11.4 Å². The Kier molecular flexibility index (Phi) is 3.76. The summed E-state index contributed by atoms with van der Waals surface area (Å²) in [5, 5.41) is 10.1. The van der Waals surface area contributed by atoms with Crippen molar-refractivity contribution in [2.45, 2.75) is 6.92 Å². The predicted molar refractivity (Wildman–Crippen MR) is 89.2 cm³/mol. The molecule has 0 spiro atoms. The van der Waals surface area contributed by atoms with Gasteiger partial charge in [-0.15, -0.1) is 0 Å². The third kappa shape index (κ3) is 2.98. The summed E-state index contributed by atoms with van der Waals surface area (Å²) in [6.07, 6.45) is 0. The number of benzene rings is 2. The van der Waals surface area contributed by atoms with Gasteiger partial charge in [0.2, 0.25) is 0 Å². The van der Waals surface area contributed by atoms with Crippen LogP contribution in [0.5, 0.6) is 5.75 Å². The number of halogens is 1. The lowest BCUT2D eigenvalue weighted by Gasteiger charge is -2.08. The van der Waals surface area contributed by atoms with Gasteiger partial charge >= 0.3 is 0 Å². The second-order valence-corrected chi connectivity index (χ2v) is 5.85. The van der Waals surface area contributed by atoms with Crippen molar-refractivity contribution in [1.29, 1.82) is 0 Å². The summed E-state index contributed by atoms with van der Waals surface area (Å²) < 4.78 is 1.00. The highest BCUT2D eigenvalue weighted by Gasteiger charge is 2.08. The fraction of sp³-hybridized carbons (Fsp3) is 0.0556. The minimum atomic E-state index is 0.188. The van der Waals surface area contributed by atoms with Gasteiger partial charge in [0.25, 0.3) is 0 Å². The van der Waals surface area contributed by atoms with Gasteiger partial charge in [0, 0.05) is 15.6 Å². The maximum atomic E-state index is 10.1. The van der Waals surface area contributed by atoms with E-state index in [1.165, 1.54) is 5.56 Å². The first-order valence-electron chi connectivity index (χ1n) is 6.66. The second kappa shape index (κ2) is 5.70. The van der Waals surface area contributed by atoms with Crippen molar-refractivity contribution in [1.82, 2.24) is 4.98 Å². The van der Waals surface area contributed by atoms with Crippen molar-refractivity contribution in [3.63, 3.8) is 0 Å². The van der Waals surface area contributed by atoms with Gasteiger partial charge < -0.3 is 5.11 Å². The molecule has 1 N–H and O–H groups in total. The minimum absolute atomic E-state index is 0.188. The SMILES string of the molecule is Cc1ccc(-c2ccc(O)c(-c3ccc(Br)cc3)n2)cc1. The highest BCUT2D eigenvalue weighted by molar-refractivity contribution is 9.10. The average molecular weight is 340 g/mol. The van der Waals surface area contributed by atoms with Gasteiger partial charge in [-0.25, -0.2) is 4.98 Å². The smallest absolute Gasteiger partial charge is 0.141 e. The summed E-state index contributed by atoms with van der Waals surface area (Å²) in [5.41, 5.74) is 4.60. The molecule has 1 aromatic heterocycles. The highest BCUT2D eigenvalue weighted by Crippen LogP contribution is 2.31. The number of nitrogens with zero attached hydrogens (tertiary/aromatic N) is 1. The molecule has 3 aromatic rings. The summed E-state index contributed by atoms with van der Waals surface area (Å²) in [6.45, 7) is 2.06. The van der Waals surface area contributed by atoms with Crippen LogP contribution < -0.4 is 0 Å². The van der Waals surface area contributed by atoms with Crippen LogP contribution in [0.3, 0.4) is 0 Å². The Morgan fingerprint density at radius 1 is 0.810 bits per heavy atom.